The Hall–Kier alpha value is -3.15. The van der Waals surface area contributed by atoms with Crippen molar-refractivity contribution < 1.29 is 14.4 Å². The van der Waals surface area contributed by atoms with Crippen LogP contribution in [0.3, 0.4) is 0 Å². The summed E-state index contributed by atoms with van der Waals surface area (Å²) in [7, 11) is 0. The molecule has 0 atom stereocenters. The molecule has 0 radical (unpaired) electrons. The molecule has 1 aromatic rings. The minimum absolute atomic E-state index is 0.0321. The predicted octanol–water partition coefficient (Wildman–Crippen LogP) is 2.67. The predicted molar refractivity (Wildman–Crippen MR) is 104 cm³/mol. The van der Waals surface area contributed by atoms with Gasteiger partial charge < -0.3 is 10.6 Å². The third-order valence-electron chi connectivity index (χ3n) is 3.42. The molecule has 27 heavy (non-hydrogen) atoms. The second-order valence-corrected chi connectivity index (χ2v) is 6.27. The molecule has 1 aromatic carbocycles. The number of benzene rings is 1. The normalized spacial score (nSPS) is 13.4. The molecular formula is C19H19ClN4O3. The van der Waals surface area contributed by atoms with Gasteiger partial charge in [-0.25, -0.2) is 5.43 Å². The maximum Gasteiger partial charge on any atom is 0.275 e. The van der Waals surface area contributed by atoms with E-state index in [2.05, 4.69) is 26.9 Å². The molecule has 1 aliphatic rings. The number of hydrogen-bond acceptors (Lipinski definition) is 4. The third kappa shape index (κ3) is 6.93. The van der Waals surface area contributed by atoms with Gasteiger partial charge in [0.15, 0.2) is 0 Å². The maximum atomic E-state index is 12.1. The number of halogens is 1. The van der Waals surface area contributed by atoms with E-state index in [9.17, 15) is 14.4 Å². The first-order valence-corrected chi connectivity index (χ1v) is 8.53. The smallest absolute Gasteiger partial charge is 0.275 e. The molecule has 0 fully saturated rings. The van der Waals surface area contributed by atoms with Gasteiger partial charge in [-0.05, 0) is 31.2 Å². The zero-order valence-electron chi connectivity index (χ0n) is 14.9. The summed E-state index contributed by atoms with van der Waals surface area (Å²) < 4.78 is 0. The largest absolute Gasteiger partial charge is 0.326 e. The van der Waals surface area contributed by atoms with E-state index < -0.39 is 5.91 Å². The summed E-state index contributed by atoms with van der Waals surface area (Å²) in [5, 5.41) is 9.85. The molecule has 1 aliphatic carbocycles. The van der Waals surface area contributed by atoms with E-state index in [-0.39, 0.29) is 18.2 Å². The summed E-state index contributed by atoms with van der Waals surface area (Å²) in [6.45, 7) is 3.04. The second-order valence-electron chi connectivity index (χ2n) is 5.83. The van der Waals surface area contributed by atoms with Gasteiger partial charge in [-0.2, -0.15) is 5.10 Å². The fourth-order valence-electron chi connectivity index (χ4n) is 2.17. The molecule has 0 spiro atoms. The van der Waals surface area contributed by atoms with Crippen molar-refractivity contribution in [2.24, 2.45) is 5.10 Å². The molecule has 140 valence electrons. The number of rotatable bonds is 6. The van der Waals surface area contributed by atoms with Crippen LogP contribution in [0.2, 0.25) is 5.02 Å². The van der Waals surface area contributed by atoms with Gasteiger partial charge in [-0.15, -0.1) is 5.73 Å². The molecule has 0 aromatic heterocycles. The number of amides is 3. The van der Waals surface area contributed by atoms with Gasteiger partial charge in [0.25, 0.3) is 5.91 Å². The molecule has 0 aliphatic heterocycles. The second kappa shape index (κ2) is 9.52. The molecule has 0 unspecified atom stereocenters. The molecule has 3 N–H and O–H groups in total. The topological polar surface area (TPSA) is 99.7 Å². The number of allylic oxidation sites excluding steroid dienone is 2. The van der Waals surface area contributed by atoms with E-state index in [0.717, 1.165) is 0 Å². The Morgan fingerprint density at radius 1 is 1.15 bits per heavy atom. The molecule has 0 heterocycles. The van der Waals surface area contributed by atoms with Crippen molar-refractivity contribution in [2.45, 2.75) is 26.7 Å². The van der Waals surface area contributed by atoms with Crippen molar-refractivity contribution in [3.05, 3.63) is 58.4 Å². The van der Waals surface area contributed by atoms with E-state index in [1.54, 1.807) is 37.3 Å². The van der Waals surface area contributed by atoms with Gasteiger partial charge >= 0.3 is 0 Å². The summed E-state index contributed by atoms with van der Waals surface area (Å²) in [6.07, 6.45) is 3.59. The highest BCUT2D eigenvalue weighted by Crippen LogP contribution is 2.13. The fraction of sp³-hybridized carbons (Fsp3) is 0.211. The van der Waals surface area contributed by atoms with Crippen LogP contribution in [0.15, 0.2) is 58.5 Å². The van der Waals surface area contributed by atoms with Gasteiger partial charge in [-0.3, -0.25) is 14.4 Å². The molecule has 3 amide bonds. The van der Waals surface area contributed by atoms with E-state index in [4.69, 9.17) is 11.6 Å². The lowest BCUT2D eigenvalue weighted by atomic mass is 10.1. The number of hydrogen-bond donors (Lipinski definition) is 3. The molecule has 8 heteroatoms. The van der Waals surface area contributed by atoms with Gasteiger partial charge in [-0.1, -0.05) is 17.7 Å². The minimum Gasteiger partial charge on any atom is -0.326 e. The van der Waals surface area contributed by atoms with Crippen LogP contribution in [0.25, 0.3) is 0 Å². The molecule has 0 bridgehead atoms. The Balaban J connectivity index is 1.85. The Bertz CT molecular complexity index is 879. The lowest BCUT2D eigenvalue weighted by molar-refractivity contribution is -0.118. The van der Waals surface area contributed by atoms with Crippen molar-refractivity contribution in [1.29, 1.82) is 0 Å². The Labute approximate surface area is 161 Å². The fourth-order valence-corrected chi connectivity index (χ4v) is 2.29. The third-order valence-corrected chi connectivity index (χ3v) is 3.67. The zero-order chi connectivity index (χ0) is 19.8. The van der Waals surface area contributed by atoms with Gasteiger partial charge in [0.2, 0.25) is 11.8 Å². The minimum atomic E-state index is -0.415. The van der Waals surface area contributed by atoms with Crippen LogP contribution < -0.4 is 16.1 Å². The highest BCUT2D eigenvalue weighted by Gasteiger charge is 2.11. The summed E-state index contributed by atoms with van der Waals surface area (Å²) >= 11 is 5.79. The zero-order valence-corrected chi connectivity index (χ0v) is 15.7. The molecule has 7 nitrogen and oxygen atoms in total. The number of nitrogens with zero attached hydrogens (tertiary/aromatic N) is 1. The first-order valence-electron chi connectivity index (χ1n) is 8.15. The summed E-state index contributed by atoms with van der Waals surface area (Å²) in [6, 6.07) is 6.74. The number of carbonyl (C=O) groups is 3. The van der Waals surface area contributed by atoms with E-state index in [1.807, 2.05) is 0 Å². The Morgan fingerprint density at radius 2 is 1.85 bits per heavy atom. The number of hydrazone groups is 1. The van der Waals surface area contributed by atoms with Crippen LogP contribution in [-0.4, -0.2) is 23.4 Å². The first-order chi connectivity index (χ1) is 12.8. The molecule has 0 saturated carbocycles. The Morgan fingerprint density at radius 3 is 2.44 bits per heavy atom. The van der Waals surface area contributed by atoms with Crippen molar-refractivity contribution in [3.63, 3.8) is 0 Å². The number of carbonyl (C=O) groups excluding carboxylic acids is 3. The highest BCUT2D eigenvalue weighted by molar-refractivity contribution is 6.30. The highest BCUT2D eigenvalue weighted by atomic mass is 35.5. The monoisotopic (exact) mass is 386 g/mol. The van der Waals surface area contributed by atoms with Crippen LogP contribution >= 0.6 is 11.6 Å². The lowest BCUT2D eigenvalue weighted by Gasteiger charge is -2.08. The van der Waals surface area contributed by atoms with Crippen LogP contribution in [0.1, 0.15) is 26.7 Å². The van der Waals surface area contributed by atoms with Crippen molar-refractivity contribution >= 4 is 40.7 Å². The van der Waals surface area contributed by atoms with Gasteiger partial charge in [0, 0.05) is 41.5 Å². The van der Waals surface area contributed by atoms with Crippen molar-refractivity contribution in [3.8, 4) is 0 Å². The standard InChI is InChI=1S/C19H19ClN4O3/c1-12(11-18(26)22-17-9-5-15(20)6-10-17)23-24-19(27)14-3-7-16(8-4-14)21-13(2)25/h5-10H,3,11H2,1-2H3,(H,21,25)(H,22,26)(H,24,27). The average Bonchev–Trinajstić information content (AvgIpc) is 2.61. The molecule has 0 saturated heterocycles. The van der Waals surface area contributed by atoms with E-state index in [1.165, 1.54) is 13.0 Å². The van der Waals surface area contributed by atoms with Crippen LogP contribution in [0, 0.1) is 0 Å². The molecule has 2 rings (SSSR count). The van der Waals surface area contributed by atoms with Gasteiger partial charge in [0.05, 0.1) is 12.0 Å². The SMILES string of the molecule is CC(=O)NC1=CCC(C(=O)NN=C(C)CC(=O)Nc2ccc(Cl)cc2)=C=C1. The van der Waals surface area contributed by atoms with Crippen LogP contribution in [0.5, 0.6) is 0 Å². The Kier molecular flexibility index (Phi) is 7.11. The van der Waals surface area contributed by atoms with Gasteiger partial charge in [0.1, 0.15) is 0 Å². The first kappa shape index (κ1) is 20.2. The maximum absolute atomic E-state index is 12.1. The van der Waals surface area contributed by atoms with Crippen LogP contribution in [0.4, 0.5) is 5.69 Å². The van der Waals surface area contributed by atoms with Crippen LogP contribution in [-0.2, 0) is 14.4 Å². The van der Waals surface area contributed by atoms with Crippen molar-refractivity contribution in [2.75, 3.05) is 5.32 Å². The number of nitrogens with one attached hydrogen (secondary N) is 3. The summed E-state index contributed by atoms with van der Waals surface area (Å²) in [5.74, 6) is -0.862. The van der Waals surface area contributed by atoms with E-state index >= 15 is 0 Å². The molecular weight excluding hydrogens is 368 g/mol. The summed E-state index contributed by atoms with van der Waals surface area (Å²) in [4.78, 5) is 35.0. The average molecular weight is 387 g/mol. The van der Waals surface area contributed by atoms with E-state index in [0.29, 0.717) is 34.1 Å². The lowest BCUT2D eigenvalue weighted by Crippen LogP contribution is -2.24. The summed E-state index contributed by atoms with van der Waals surface area (Å²) in [5.41, 5.74) is 7.26. The van der Waals surface area contributed by atoms with Crippen molar-refractivity contribution in [1.82, 2.24) is 10.7 Å². The quantitative estimate of drug-likeness (QED) is 0.398. The number of anilines is 1.